The molecule has 1 N–H and O–H groups in total. The summed E-state index contributed by atoms with van der Waals surface area (Å²) in [4.78, 5) is 18.5. The Morgan fingerprint density at radius 1 is 0.952 bits per heavy atom. The van der Waals surface area contributed by atoms with E-state index in [9.17, 15) is 10.1 Å². The summed E-state index contributed by atoms with van der Waals surface area (Å²) in [6.45, 7) is 7.73. The summed E-state index contributed by atoms with van der Waals surface area (Å²) in [5.41, 5.74) is 5.96. The van der Waals surface area contributed by atoms with Crippen LogP contribution in [-0.4, -0.2) is 47.9 Å². The number of anilines is 1. The Bertz CT molecular complexity index is 1430. The lowest BCUT2D eigenvalue weighted by molar-refractivity contribution is -0.120. The first-order chi connectivity index (χ1) is 20.3. The van der Waals surface area contributed by atoms with Gasteiger partial charge in [-0.2, -0.15) is 5.26 Å². The molecule has 2 heterocycles. The van der Waals surface area contributed by atoms with E-state index in [-0.39, 0.29) is 11.4 Å². The summed E-state index contributed by atoms with van der Waals surface area (Å²) in [5, 5.41) is 13.4. The van der Waals surface area contributed by atoms with Crippen LogP contribution in [0, 0.1) is 11.3 Å². The second-order valence-corrected chi connectivity index (χ2v) is 12.6. The first-order valence-corrected chi connectivity index (χ1v) is 16.0. The van der Waals surface area contributed by atoms with Crippen molar-refractivity contribution >= 4 is 34.8 Å². The van der Waals surface area contributed by atoms with Gasteiger partial charge in [-0.15, -0.1) is 0 Å². The molecule has 0 aromatic heterocycles. The fraction of sp³-hybridized carbons (Fsp3) is 0.429. The highest BCUT2D eigenvalue weighted by Gasteiger charge is 2.46. The van der Waals surface area contributed by atoms with E-state index >= 15 is 0 Å². The van der Waals surface area contributed by atoms with Crippen molar-refractivity contribution in [2.45, 2.75) is 70.4 Å². The zero-order valence-corrected chi connectivity index (χ0v) is 26.1. The number of hydrogen-bond donors (Lipinski definition) is 1. The van der Waals surface area contributed by atoms with Gasteiger partial charge in [-0.1, -0.05) is 80.2 Å². The van der Waals surface area contributed by atoms with Gasteiger partial charge in [-0.05, 0) is 84.7 Å². The van der Waals surface area contributed by atoms with Crippen molar-refractivity contribution in [3.05, 3.63) is 87.4 Å². The van der Waals surface area contributed by atoms with E-state index in [1.165, 1.54) is 36.8 Å². The molecule has 1 saturated heterocycles. The van der Waals surface area contributed by atoms with Crippen LogP contribution in [0.15, 0.2) is 60.7 Å². The van der Waals surface area contributed by atoms with Crippen molar-refractivity contribution in [1.82, 2.24) is 9.80 Å². The number of nitrogens with zero attached hydrogens (tertiary/aromatic N) is 3. The lowest BCUT2D eigenvalue weighted by atomic mass is 9.73. The van der Waals surface area contributed by atoms with Gasteiger partial charge in [0, 0.05) is 46.9 Å². The van der Waals surface area contributed by atoms with E-state index in [0.717, 1.165) is 50.0 Å². The zero-order chi connectivity index (χ0) is 29.7. The molecular formula is C35H40Cl2N4O. The van der Waals surface area contributed by atoms with Gasteiger partial charge in [0.1, 0.15) is 0 Å². The highest BCUT2D eigenvalue weighted by Crippen LogP contribution is 2.45. The monoisotopic (exact) mass is 602 g/mol. The summed E-state index contributed by atoms with van der Waals surface area (Å²) in [6.07, 6.45) is 7.72. The molecule has 5 rings (SSSR count). The third kappa shape index (κ3) is 6.68. The average molecular weight is 604 g/mol. The number of carbonyl (C=O) groups is 1. The second-order valence-electron chi connectivity index (χ2n) is 11.7. The van der Waals surface area contributed by atoms with E-state index in [4.69, 9.17) is 23.2 Å². The minimum Gasteiger partial charge on any atom is -0.325 e. The van der Waals surface area contributed by atoms with E-state index in [1.54, 1.807) is 18.2 Å². The quantitative estimate of drug-likeness (QED) is 0.267. The maximum absolute atomic E-state index is 13.4. The summed E-state index contributed by atoms with van der Waals surface area (Å²) in [7, 11) is 0. The van der Waals surface area contributed by atoms with Crippen molar-refractivity contribution in [1.29, 1.82) is 5.26 Å². The van der Waals surface area contributed by atoms with Gasteiger partial charge < -0.3 is 10.2 Å². The highest BCUT2D eigenvalue weighted by molar-refractivity contribution is 6.35. The lowest BCUT2D eigenvalue weighted by Crippen LogP contribution is -2.58. The van der Waals surface area contributed by atoms with Crippen LogP contribution in [-0.2, 0) is 16.8 Å². The van der Waals surface area contributed by atoms with Gasteiger partial charge in [0.15, 0.2) is 0 Å². The van der Waals surface area contributed by atoms with Crippen LogP contribution >= 0.6 is 23.2 Å². The molecule has 3 aromatic rings. The number of rotatable bonds is 9. The number of nitrogens with one attached hydrogen (secondary N) is 1. The summed E-state index contributed by atoms with van der Waals surface area (Å²) in [5.74, 6) is -0.0571. The van der Waals surface area contributed by atoms with Gasteiger partial charge in [0.2, 0.25) is 5.91 Å². The fourth-order valence-corrected chi connectivity index (χ4v) is 7.62. The molecule has 1 amide bonds. The lowest BCUT2D eigenvalue weighted by Gasteiger charge is -2.53. The van der Waals surface area contributed by atoms with Crippen LogP contribution in [0.1, 0.15) is 69.1 Å². The molecule has 0 aliphatic carbocycles. The second kappa shape index (κ2) is 13.6. The zero-order valence-electron chi connectivity index (χ0n) is 24.6. The Balaban J connectivity index is 1.44. The van der Waals surface area contributed by atoms with Gasteiger partial charge in [-0.25, -0.2) is 0 Å². The van der Waals surface area contributed by atoms with Crippen LogP contribution in [0.4, 0.5) is 5.69 Å². The summed E-state index contributed by atoms with van der Waals surface area (Å²) < 4.78 is 0. The van der Waals surface area contributed by atoms with E-state index in [0.29, 0.717) is 33.9 Å². The predicted molar refractivity (Wildman–Crippen MR) is 173 cm³/mol. The molecule has 0 bridgehead atoms. The first kappa shape index (κ1) is 30.6. The molecule has 0 saturated carbocycles. The molecular weight excluding hydrogens is 563 g/mol. The van der Waals surface area contributed by atoms with Crippen LogP contribution in [0.2, 0.25) is 10.0 Å². The minimum absolute atomic E-state index is 0.0571. The summed E-state index contributed by atoms with van der Waals surface area (Å²) in [6, 6.07) is 22.6. The molecule has 1 spiro atoms. The van der Waals surface area contributed by atoms with Crippen molar-refractivity contribution in [2.24, 2.45) is 0 Å². The molecule has 1 fully saturated rings. The Morgan fingerprint density at radius 3 is 2.31 bits per heavy atom. The number of fused-ring (bicyclic) bond motifs is 2. The number of likely N-dealkylation sites (tertiary alicyclic amines) is 1. The average Bonchev–Trinajstić information content (AvgIpc) is 2.98. The molecule has 0 unspecified atom stereocenters. The van der Waals surface area contributed by atoms with Crippen molar-refractivity contribution in [3.8, 4) is 17.2 Å². The first-order valence-electron chi connectivity index (χ1n) is 15.2. The normalized spacial score (nSPS) is 16.8. The molecule has 42 heavy (non-hydrogen) atoms. The molecule has 2 aliphatic rings. The standard InChI is InChI=1S/C35H40Cl2N4O/c1-3-6-32(7-4-2)40-16-13-35(14-17-40)33-11-10-27(26-9-5-8-25(18-26)23-38)19-28(33)12-15-41(35)24-34(42)39-31-21-29(36)20-30(37)22-31/h5,8-11,18-22,32H,3-4,6-7,12-17,24H2,1-2H3,(H,39,42). The van der Waals surface area contributed by atoms with Gasteiger partial charge in [0.05, 0.1) is 18.2 Å². The van der Waals surface area contributed by atoms with Crippen molar-refractivity contribution in [2.75, 3.05) is 31.5 Å². The van der Waals surface area contributed by atoms with Crippen LogP contribution in [0.25, 0.3) is 11.1 Å². The number of carbonyl (C=O) groups excluding carboxylic acids is 1. The molecule has 5 nitrogen and oxygen atoms in total. The topological polar surface area (TPSA) is 59.4 Å². The summed E-state index contributed by atoms with van der Waals surface area (Å²) >= 11 is 12.4. The van der Waals surface area contributed by atoms with Crippen molar-refractivity contribution in [3.63, 3.8) is 0 Å². The molecule has 3 aromatic carbocycles. The Morgan fingerprint density at radius 2 is 1.64 bits per heavy atom. The van der Waals surface area contributed by atoms with Gasteiger partial charge in [-0.3, -0.25) is 9.69 Å². The number of hydrogen-bond acceptors (Lipinski definition) is 4. The largest absolute Gasteiger partial charge is 0.325 e. The minimum atomic E-state index is -0.205. The smallest absolute Gasteiger partial charge is 0.238 e. The Labute approximate surface area is 260 Å². The highest BCUT2D eigenvalue weighted by atomic mass is 35.5. The Hall–Kier alpha value is -2.88. The van der Waals surface area contributed by atoms with Crippen molar-refractivity contribution < 1.29 is 4.79 Å². The number of amides is 1. The Kier molecular flexibility index (Phi) is 9.91. The van der Waals surface area contributed by atoms with E-state index < -0.39 is 0 Å². The van der Waals surface area contributed by atoms with Crippen LogP contribution in [0.5, 0.6) is 0 Å². The molecule has 7 heteroatoms. The molecule has 2 aliphatic heterocycles. The number of halogens is 2. The van der Waals surface area contributed by atoms with Crippen LogP contribution < -0.4 is 5.32 Å². The molecule has 220 valence electrons. The molecule has 0 radical (unpaired) electrons. The maximum Gasteiger partial charge on any atom is 0.238 e. The third-order valence-electron chi connectivity index (χ3n) is 9.05. The SMILES string of the molecule is CCCC(CCC)N1CCC2(CC1)c1ccc(-c3cccc(C#N)c3)cc1CCN2CC(=O)Nc1cc(Cl)cc(Cl)c1. The maximum atomic E-state index is 13.4. The predicted octanol–water partition coefficient (Wildman–Crippen LogP) is 8.29. The van der Waals surface area contributed by atoms with Gasteiger partial charge >= 0.3 is 0 Å². The van der Waals surface area contributed by atoms with Gasteiger partial charge in [0.25, 0.3) is 0 Å². The third-order valence-corrected chi connectivity index (χ3v) is 9.49. The van der Waals surface area contributed by atoms with E-state index in [1.807, 2.05) is 18.2 Å². The number of benzene rings is 3. The fourth-order valence-electron chi connectivity index (χ4n) is 7.09. The number of nitriles is 1. The number of piperidine rings is 1. The van der Waals surface area contributed by atoms with Crippen LogP contribution in [0.3, 0.4) is 0 Å². The van der Waals surface area contributed by atoms with E-state index in [2.05, 4.69) is 59.3 Å². The molecule has 0 atom stereocenters.